The van der Waals surface area contributed by atoms with E-state index >= 15 is 0 Å². The summed E-state index contributed by atoms with van der Waals surface area (Å²) >= 11 is 1.41. The van der Waals surface area contributed by atoms with Crippen LogP contribution in [-0.2, 0) is 20.7 Å². The van der Waals surface area contributed by atoms with Crippen molar-refractivity contribution in [3.05, 3.63) is 10.6 Å². The Bertz CT molecular complexity index is 828. The Balaban J connectivity index is 2.02. The van der Waals surface area contributed by atoms with Gasteiger partial charge in [-0.3, -0.25) is 14.9 Å². The van der Waals surface area contributed by atoms with E-state index in [2.05, 4.69) is 17.6 Å². The number of hydrogen-bond donors (Lipinski definition) is 4. The summed E-state index contributed by atoms with van der Waals surface area (Å²) in [5.41, 5.74) is -0.118. The number of aliphatic hydroxyl groups excluding tert-OH is 2. The molecule has 8 nitrogen and oxygen atoms in total. The number of hydrogen-bond acceptors (Lipinski definition) is 7. The Hall–Kier alpha value is -1.55. The summed E-state index contributed by atoms with van der Waals surface area (Å²) in [4.78, 5) is 30.6. The molecule has 0 spiro atoms. The van der Waals surface area contributed by atoms with Crippen molar-refractivity contribution in [3.8, 4) is 0 Å². The Labute approximate surface area is 187 Å². The van der Waals surface area contributed by atoms with Gasteiger partial charge in [0.15, 0.2) is 5.13 Å². The van der Waals surface area contributed by atoms with Crippen LogP contribution in [0, 0.1) is 16.7 Å². The van der Waals surface area contributed by atoms with Gasteiger partial charge in [0.1, 0.15) is 6.61 Å². The maximum absolute atomic E-state index is 12.8. The molecule has 0 unspecified atom stereocenters. The first-order valence-electron chi connectivity index (χ1n) is 10.9. The fourth-order valence-electron chi connectivity index (χ4n) is 5.55. The zero-order chi connectivity index (χ0) is 23.0. The quantitative estimate of drug-likeness (QED) is 0.502. The van der Waals surface area contributed by atoms with Crippen molar-refractivity contribution in [3.63, 3.8) is 0 Å². The number of fused-ring (bicyclic) bond motifs is 2. The van der Waals surface area contributed by atoms with Crippen molar-refractivity contribution in [2.24, 2.45) is 16.7 Å². The highest BCUT2D eigenvalue weighted by Crippen LogP contribution is 2.62. The van der Waals surface area contributed by atoms with E-state index in [1.165, 1.54) is 18.4 Å². The minimum absolute atomic E-state index is 0.0129. The number of thiazole rings is 1. The van der Waals surface area contributed by atoms with E-state index in [9.17, 15) is 19.8 Å². The molecule has 0 aromatic carbocycles. The van der Waals surface area contributed by atoms with Gasteiger partial charge in [-0.25, -0.2) is 4.98 Å². The van der Waals surface area contributed by atoms with Gasteiger partial charge in [0, 0.05) is 35.8 Å². The molecular weight excluding hydrogens is 418 g/mol. The smallest absolute Gasteiger partial charge is 0.252 e. The molecule has 2 amide bonds. The SMILES string of the molecule is COCC(=O)Nc1nc2c(s1)C[C@@H]1[C@](C)(CO)[C@H](O)CC[C@@]1(C)[C@@H]2CC(=O)NC(C)C. The van der Waals surface area contributed by atoms with Gasteiger partial charge >= 0.3 is 0 Å². The lowest BCUT2D eigenvalue weighted by molar-refractivity contribution is -0.144. The third kappa shape index (κ3) is 4.51. The lowest BCUT2D eigenvalue weighted by Gasteiger charge is -2.58. The largest absolute Gasteiger partial charge is 0.396 e. The number of carbonyl (C=O) groups excluding carboxylic acids is 2. The molecule has 0 bridgehead atoms. The van der Waals surface area contributed by atoms with Gasteiger partial charge in [-0.1, -0.05) is 13.8 Å². The minimum atomic E-state index is -0.666. The average molecular weight is 454 g/mol. The highest BCUT2D eigenvalue weighted by molar-refractivity contribution is 7.15. The number of methoxy groups -OCH3 is 1. The molecule has 1 saturated carbocycles. The summed E-state index contributed by atoms with van der Waals surface area (Å²) in [5.74, 6) is -0.492. The zero-order valence-electron chi connectivity index (χ0n) is 19.0. The Kier molecular flexibility index (Phi) is 7.10. The monoisotopic (exact) mass is 453 g/mol. The number of amides is 2. The van der Waals surface area contributed by atoms with Crippen LogP contribution >= 0.6 is 11.3 Å². The second-order valence-corrected chi connectivity index (χ2v) is 10.9. The molecule has 4 N–H and O–H groups in total. The summed E-state index contributed by atoms with van der Waals surface area (Å²) in [6.07, 6.45) is 1.65. The molecule has 1 aromatic rings. The third-order valence-corrected chi connectivity index (χ3v) is 8.26. The van der Waals surface area contributed by atoms with Crippen molar-refractivity contribution in [1.82, 2.24) is 10.3 Å². The van der Waals surface area contributed by atoms with E-state index in [1.807, 2.05) is 20.8 Å². The zero-order valence-corrected chi connectivity index (χ0v) is 19.8. The lowest BCUT2D eigenvalue weighted by atomic mass is 9.47. The maximum Gasteiger partial charge on any atom is 0.252 e. The summed E-state index contributed by atoms with van der Waals surface area (Å²) in [5, 5.41) is 27.3. The molecule has 1 aromatic heterocycles. The number of nitrogens with one attached hydrogen (secondary N) is 2. The van der Waals surface area contributed by atoms with Gasteiger partial charge in [0.2, 0.25) is 5.91 Å². The second kappa shape index (κ2) is 9.13. The third-order valence-electron chi connectivity index (χ3n) is 7.25. The van der Waals surface area contributed by atoms with Crippen LogP contribution in [0.1, 0.15) is 63.4 Å². The number of rotatable bonds is 7. The molecule has 174 valence electrons. The number of ether oxygens (including phenoxy) is 1. The highest BCUT2D eigenvalue weighted by atomic mass is 32.1. The van der Waals surface area contributed by atoms with Crippen LogP contribution in [0.5, 0.6) is 0 Å². The number of anilines is 1. The van der Waals surface area contributed by atoms with E-state index in [0.29, 0.717) is 18.0 Å². The summed E-state index contributed by atoms with van der Waals surface area (Å²) in [6, 6.07) is 0.0365. The number of aromatic nitrogens is 1. The number of carbonyl (C=O) groups is 2. The molecule has 2 aliphatic rings. The molecule has 0 aliphatic heterocycles. The molecule has 0 radical (unpaired) electrons. The average Bonchev–Trinajstić information content (AvgIpc) is 3.08. The van der Waals surface area contributed by atoms with Crippen LogP contribution in [0.4, 0.5) is 5.13 Å². The van der Waals surface area contributed by atoms with Gasteiger partial charge in [0.05, 0.1) is 18.4 Å². The Morgan fingerprint density at radius 2 is 2.03 bits per heavy atom. The lowest BCUT2D eigenvalue weighted by Crippen LogP contribution is -2.57. The first-order valence-corrected chi connectivity index (χ1v) is 11.7. The van der Waals surface area contributed by atoms with Crippen molar-refractivity contribution < 1.29 is 24.5 Å². The van der Waals surface area contributed by atoms with Gasteiger partial charge in [-0.05, 0) is 44.4 Å². The molecule has 1 heterocycles. The molecule has 3 rings (SSSR count). The van der Waals surface area contributed by atoms with Gasteiger partial charge in [0.25, 0.3) is 5.91 Å². The fourth-order valence-corrected chi connectivity index (χ4v) is 6.64. The van der Waals surface area contributed by atoms with Crippen molar-refractivity contribution in [1.29, 1.82) is 0 Å². The molecule has 0 saturated heterocycles. The first kappa shape index (κ1) is 24.1. The van der Waals surface area contributed by atoms with E-state index in [0.717, 1.165) is 17.0 Å². The van der Waals surface area contributed by atoms with Gasteiger partial charge in [-0.15, -0.1) is 11.3 Å². The van der Waals surface area contributed by atoms with E-state index < -0.39 is 11.5 Å². The molecule has 1 fully saturated rings. The van der Waals surface area contributed by atoms with Crippen LogP contribution in [-0.4, -0.2) is 59.5 Å². The van der Waals surface area contributed by atoms with Crippen LogP contribution in [0.3, 0.4) is 0 Å². The molecular formula is C22H35N3O5S. The van der Waals surface area contributed by atoms with Gasteiger partial charge < -0.3 is 20.3 Å². The van der Waals surface area contributed by atoms with Crippen molar-refractivity contribution in [2.75, 3.05) is 25.6 Å². The predicted octanol–water partition coefficient (Wildman–Crippen LogP) is 2.06. The maximum atomic E-state index is 12.8. The summed E-state index contributed by atoms with van der Waals surface area (Å²) in [7, 11) is 1.46. The Morgan fingerprint density at radius 3 is 2.65 bits per heavy atom. The van der Waals surface area contributed by atoms with Crippen molar-refractivity contribution in [2.45, 2.75) is 71.4 Å². The normalized spacial score (nSPS) is 32.3. The highest BCUT2D eigenvalue weighted by Gasteiger charge is 2.59. The number of aliphatic hydroxyl groups is 2. The number of nitrogens with zero attached hydrogens (tertiary/aromatic N) is 1. The first-order chi connectivity index (χ1) is 14.5. The molecule has 5 atom stereocenters. The van der Waals surface area contributed by atoms with Crippen LogP contribution in [0.15, 0.2) is 0 Å². The Morgan fingerprint density at radius 1 is 1.32 bits per heavy atom. The summed E-state index contributed by atoms with van der Waals surface area (Å²) < 4.78 is 4.89. The summed E-state index contributed by atoms with van der Waals surface area (Å²) in [6.45, 7) is 7.79. The second-order valence-electron chi connectivity index (χ2n) is 9.77. The molecule has 2 aliphatic carbocycles. The molecule has 31 heavy (non-hydrogen) atoms. The van der Waals surface area contributed by atoms with Crippen molar-refractivity contribution >= 4 is 28.3 Å². The standard InChI is InChI=1S/C22H35N3O5S/c1-12(2)23-17(28)8-13-19-14(31-20(25-19)24-18(29)10-30-5)9-15-21(13,3)7-6-16(27)22(15,4)11-26/h12-13,15-16,26-27H,6-11H2,1-5H3,(H,23,28)(H,24,25,29)/t13-,15+,16-,21+,22+/m1/s1. The topological polar surface area (TPSA) is 121 Å². The van der Waals surface area contributed by atoms with Crippen LogP contribution in [0.25, 0.3) is 0 Å². The van der Waals surface area contributed by atoms with E-state index in [4.69, 9.17) is 9.72 Å². The van der Waals surface area contributed by atoms with E-state index in [1.54, 1.807) is 0 Å². The predicted molar refractivity (Wildman–Crippen MR) is 119 cm³/mol. The van der Waals surface area contributed by atoms with Gasteiger partial charge in [-0.2, -0.15) is 0 Å². The molecule has 9 heteroatoms. The van der Waals surface area contributed by atoms with Crippen LogP contribution in [0.2, 0.25) is 0 Å². The van der Waals surface area contributed by atoms with Crippen LogP contribution < -0.4 is 10.6 Å². The fraction of sp³-hybridized carbons (Fsp3) is 0.773. The minimum Gasteiger partial charge on any atom is -0.396 e. The van der Waals surface area contributed by atoms with E-state index in [-0.39, 0.29) is 54.7 Å².